The zero-order valence-electron chi connectivity index (χ0n) is 14.1. The highest BCUT2D eigenvalue weighted by molar-refractivity contribution is 7.14. The lowest BCUT2D eigenvalue weighted by Crippen LogP contribution is -2.17. The number of nitro groups is 1. The average molecular weight is 366 g/mol. The highest BCUT2D eigenvalue weighted by atomic mass is 32.1. The van der Waals surface area contributed by atoms with Crippen molar-refractivity contribution in [1.82, 2.24) is 4.98 Å². The van der Waals surface area contributed by atoms with E-state index in [1.54, 1.807) is 12.1 Å². The van der Waals surface area contributed by atoms with Gasteiger partial charge in [-0.25, -0.2) is 4.98 Å². The molecular weight excluding hydrogens is 348 g/mol. The molecule has 2 heterocycles. The van der Waals surface area contributed by atoms with Crippen LogP contribution < -0.4 is 10.2 Å². The van der Waals surface area contributed by atoms with Gasteiger partial charge in [0, 0.05) is 47.5 Å². The minimum absolute atomic E-state index is 0.0773. The second kappa shape index (κ2) is 7.13. The number of nitrogens with zero attached hydrogens (tertiary/aromatic N) is 3. The Hall–Kier alpha value is -2.93. The third kappa shape index (κ3) is 3.52. The van der Waals surface area contributed by atoms with Crippen molar-refractivity contribution in [3.63, 3.8) is 0 Å². The Morgan fingerprint density at radius 2 is 1.73 bits per heavy atom. The van der Waals surface area contributed by atoms with Crippen molar-refractivity contribution >= 4 is 33.5 Å². The maximum Gasteiger partial charge on any atom is 0.269 e. The van der Waals surface area contributed by atoms with Gasteiger partial charge in [0.05, 0.1) is 10.6 Å². The molecule has 1 N–H and O–H groups in total. The maximum absolute atomic E-state index is 10.7. The molecule has 0 saturated carbocycles. The van der Waals surface area contributed by atoms with Gasteiger partial charge in [-0.2, -0.15) is 0 Å². The minimum Gasteiger partial charge on any atom is -0.372 e. The second-order valence-corrected chi connectivity index (χ2v) is 7.07. The number of non-ortho nitro benzene ring substituents is 1. The number of anilines is 3. The predicted octanol–water partition coefficient (Wildman–Crippen LogP) is 5.06. The van der Waals surface area contributed by atoms with Gasteiger partial charge >= 0.3 is 0 Å². The Morgan fingerprint density at radius 1 is 1.04 bits per heavy atom. The molecule has 0 amide bonds. The van der Waals surface area contributed by atoms with Crippen LogP contribution >= 0.6 is 11.3 Å². The number of hydrogen-bond donors (Lipinski definition) is 1. The molecule has 1 aromatic heterocycles. The van der Waals surface area contributed by atoms with Crippen molar-refractivity contribution in [2.75, 3.05) is 23.3 Å². The standard InChI is InChI=1S/C19H18N4O2S/c24-23(25)17-9-5-15(6-10-17)20-19-21-18(13-26-19)14-3-7-16(8-4-14)22-11-1-2-12-22/h3-10,13H,1-2,11-12H2,(H,20,21). The van der Waals surface area contributed by atoms with Crippen molar-refractivity contribution < 1.29 is 4.92 Å². The van der Waals surface area contributed by atoms with E-state index in [4.69, 9.17) is 0 Å². The fourth-order valence-electron chi connectivity index (χ4n) is 3.07. The van der Waals surface area contributed by atoms with Gasteiger partial charge < -0.3 is 10.2 Å². The largest absolute Gasteiger partial charge is 0.372 e. The van der Waals surface area contributed by atoms with E-state index < -0.39 is 4.92 Å². The van der Waals surface area contributed by atoms with Crippen molar-refractivity contribution in [2.24, 2.45) is 0 Å². The van der Waals surface area contributed by atoms with Crippen LogP contribution in [0, 0.1) is 10.1 Å². The Balaban J connectivity index is 1.46. The average Bonchev–Trinajstić information content (AvgIpc) is 3.34. The van der Waals surface area contributed by atoms with Crippen LogP contribution in [0.2, 0.25) is 0 Å². The summed E-state index contributed by atoms with van der Waals surface area (Å²) in [6.45, 7) is 2.28. The summed E-state index contributed by atoms with van der Waals surface area (Å²) in [5.74, 6) is 0. The summed E-state index contributed by atoms with van der Waals surface area (Å²) in [6.07, 6.45) is 2.54. The van der Waals surface area contributed by atoms with Crippen LogP contribution in [0.4, 0.5) is 22.2 Å². The molecule has 0 unspecified atom stereocenters. The third-order valence-electron chi connectivity index (χ3n) is 4.47. The van der Waals surface area contributed by atoms with Gasteiger partial charge in [-0.15, -0.1) is 11.3 Å². The summed E-state index contributed by atoms with van der Waals surface area (Å²) < 4.78 is 0. The molecule has 7 heteroatoms. The number of thiazole rings is 1. The number of nitrogens with one attached hydrogen (secondary N) is 1. The molecule has 2 aromatic carbocycles. The molecule has 3 aromatic rings. The molecule has 132 valence electrons. The van der Waals surface area contributed by atoms with E-state index >= 15 is 0 Å². The normalized spacial score (nSPS) is 13.8. The van der Waals surface area contributed by atoms with Crippen molar-refractivity contribution in [3.8, 4) is 11.3 Å². The Bertz CT molecular complexity index is 900. The fourth-order valence-corrected chi connectivity index (χ4v) is 3.81. The van der Waals surface area contributed by atoms with Crippen LogP contribution in [0.5, 0.6) is 0 Å². The molecule has 0 aliphatic carbocycles. The molecule has 0 spiro atoms. The summed E-state index contributed by atoms with van der Waals surface area (Å²) in [5.41, 5.74) is 4.13. The summed E-state index contributed by atoms with van der Waals surface area (Å²) in [4.78, 5) is 17.3. The van der Waals surface area contributed by atoms with Crippen LogP contribution in [0.3, 0.4) is 0 Å². The Kier molecular flexibility index (Phi) is 4.53. The van der Waals surface area contributed by atoms with Gasteiger partial charge in [-0.3, -0.25) is 10.1 Å². The van der Waals surface area contributed by atoms with E-state index in [2.05, 4.69) is 39.5 Å². The first-order valence-electron chi connectivity index (χ1n) is 8.51. The molecule has 6 nitrogen and oxygen atoms in total. The molecular formula is C19H18N4O2S. The van der Waals surface area contributed by atoms with Crippen molar-refractivity contribution in [2.45, 2.75) is 12.8 Å². The molecule has 0 radical (unpaired) electrons. The molecule has 4 rings (SSSR count). The van der Waals surface area contributed by atoms with Gasteiger partial charge in [0.15, 0.2) is 5.13 Å². The van der Waals surface area contributed by atoms with E-state index in [1.807, 2.05) is 5.38 Å². The Morgan fingerprint density at radius 3 is 2.38 bits per heavy atom. The number of nitro benzene ring substituents is 1. The van der Waals surface area contributed by atoms with Crippen molar-refractivity contribution in [1.29, 1.82) is 0 Å². The third-order valence-corrected chi connectivity index (χ3v) is 5.23. The van der Waals surface area contributed by atoms with Gasteiger partial charge in [0.2, 0.25) is 0 Å². The van der Waals surface area contributed by atoms with E-state index in [9.17, 15) is 10.1 Å². The first-order chi connectivity index (χ1) is 12.7. The summed E-state index contributed by atoms with van der Waals surface area (Å²) >= 11 is 1.51. The molecule has 0 bridgehead atoms. The number of benzene rings is 2. The maximum atomic E-state index is 10.7. The SMILES string of the molecule is O=[N+]([O-])c1ccc(Nc2nc(-c3ccc(N4CCCC4)cc3)cs2)cc1. The monoisotopic (exact) mass is 366 g/mol. The first kappa shape index (κ1) is 16.5. The van der Waals surface area contributed by atoms with E-state index in [-0.39, 0.29) is 5.69 Å². The smallest absolute Gasteiger partial charge is 0.269 e. The van der Waals surface area contributed by atoms with Gasteiger partial charge in [0.1, 0.15) is 0 Å². The predicted molar refractivity (Wildman–Crippen MR) is 105 cm³/mol. The number of rotatable bonds is 5. The van der Waals surface area contributed by atoms with Crippen LogP contribution in [-0.4, -0.2) is 23.0 Å². The van der Waals surface area contributed by atoms with E-state index in [1.165, 1.54) is 42.0 Å². The Labute approximate surface area is 155 Å². The molecule has 1 saturated heterocycles. The van der Waals surface area contributed by atoms with Crippen LogP contribution in [-0.2, 0) is 0 Å². The van der Waals surface area contributed by atoms with Crippen LogP contribution in [0.1, 0.15) is 12.8 Å². The second-order valence-electron chi connectivity index (χ2n) is 6.21. The molecule has 0 atom stereocenters. The minimum atomic E-state index is -0.406. The van der Waals surface area contributed by atoms with Gasteiger partial charge in [-0.1, -0.05) is 12.1 Å². The lowest BCUT2D eigenvalue weighted by molar-refractivity contribution is -0.384. The zero-order chi connectivity index (χ0) is 17.9. The molecule has 1 fully saturated rings. The number of hydrogen-bond acceptors (Lipinski definition) is 6. The van der Waals surface area contributed by atoms with Gasteiger partial charge in [-0.05, 0) is 37.1 Å². The van der Waals surface area contributed by atoms with Crippen molar-refractivity contribution in [3.05, 3.63) is 64.0 Å². The summed E-state index contributed by atoms with van der Waals surface area (Å²) in [6, 6.07) is 14.9. The van der Waals surface area contributed by atoms with Crippen LogP contribution in [0.15, 0.2) is 53.9 Å². The van der Waals surface area contributed by atoms with Gasteiger partial charge in [0.25, 0.3) is 5.69 Å². The highest BCUT2D eigenvalue weighted by Crippen LogP contribution is 2.29. The molecule has 1 aliphatic heterocycles. The van der Waals surface area contributed by atoms with E-state index in [0.29, 0.717) is 0 Å². The topological polar surface area (TPSA) is 71.3 Å². The summed E-state index contributed by atoms with van der Waals surface area (Å²) in [7, 11) is 0. The molecule has 26 heavy (non-hydrogen) atoms. The number of aromatic nitrogens is 1. The lowest BCUT2D eigenvalue weighted by atomic mass is 10.1. The molecule has 1 aliphatic rings. The summed E-state index contributed by atoms with van der Waals surface area (Å²) in [5, 5.41) is 16.7. The highest BCUT2D eigenvalue weighted by Gasteiger charge is 2.12. The lowest BCUT2D eigenvalue weighted by Gasteiger charge is -2.17. The zero-order valence-corrected chi connectivity index (χ0v) is 14.9. The van der Waals surface area contributed by atoms with E-state index in [0.717, 1.165) is 35.2 Å². The fraction of sp³-hybridized carbons (Fsp3) is 0.211. The quantitative estimate of drug-likeness (QED) is 0.505. The first-order valence-corrected chi connectivity index (χ1v) is 9.39. The van der Waals surface area contributed by atoms with Crippen LogP contribution in [0.25, 0.3) is 11.3 Å².